The molecule has 0 aromatic rings. The van der Waals surface area contributed by atoms with E-state index in [0.29, 0.717) is 0 Å². The van der Waals surface area contributed by atoms with E-state index >= 15 is 0 Å². The molecule has 0 fully saturated rings. The standard InChI is InChI=1S/C2H6FO2P/c1-6(4,5)2-3/h2H2,1H3,(H,4,5). The zero-order chi connectivity index (χ0) is 5.21. The van der Waals surface area contributed by atoms with Crippen LogP contribution in [-0.2, 0) is 4.57 Å². The minimum Gasteiger partial charge on any atom is -0.343 e. The fourth-order valence-corrected chi connectivity index (χ4v) is 0. The average Bonchev–Trinajstić information content (AvgIpc) is 1.35. The van der Waals surface area contributed by atoms with Crippen molar-refractivity contribution in [2.45, 2.75) is 0 Å². The summed E-state index contributed by atoms with van der Waals surface area (Å²) < 4.78 is 20.8. The molecule has 0 saturated carbocycles. The van der Waals surface area contributed by atoms with Crippen LogP contribution in [0.4, 0.5) is 4.39 Å². The summed E-state index contributed by atoms with van der Waals surface area (Å²) in [5.74, 6) is 0. The van der Waals surface area contributed by atoms with Crippen molar-refractivity contribution in [3.8, 4) is 0 Å². The largest absolute Gasteiger partial charge is 0.343 e. The van der Waals surface area contributed by atoms with Gasteiger partial charge in [0.1, 0.15) is 0 Å². The lowest BCUT2D eigenvalue weighted by molar-refractivity contribution is 0.449. The number of hydrogen-bond donors (Lipinski definition) is 1. The van der Waals surface area contributed by atoms with Crippen LogP contribution < -0.4 is 0 Å². The van der Waals surface area contributed by atoms with E-state index in [9.17, 15) is 8.96 Å². The van der Waals surface area contributed by atoms with Crippen molar-refractivity contribution < 1.29 is 13.8 Å². The minimum atomic E-state index is -3.31. The zero-order valence-electron chi connectivity index (χ0n) is 3.39. The third-order valence-corrected chi connectivity index (χ3v) is 0.665. The molecule has 1 unspecified atom stereocenters. The molecule has 2 nitrogen and oxygen atoms in total. The molecule has 0 aromatic heterocycles. The van der Waals surface area contributed by atoms with Crippen LogP contribution in [0.25, 0.3) is 0 Å². The Morgan fingerprint density at radius 2 is 2.17 bits per heavy atom. The summed E-state index contributed by atoms with van der Waals surface area (Å²) in [6.07, 6.45) is -1.12. The smallest absolute Gasteiger partial charge is 0.227 e. The normalized spacial score (nSPS) is 19.8. The maximum atomic E-state index is 11.0. The topological polar surface area (TPSA) is 37.3 Å². The molecule has 0 amide bonds. The van der Waals surface area contributed by atoms with Gasteiger partial charge in [0.15, 0.2) is 6.42 Å². The van der Waals surface area contributed by atoms with E-state index in [-0.39, 0.29) is 0 Å². The van der Waals surface area contributed by atoms with Crippen molar-refractivity contribution in [3.63, 3.8) is 0 Å². The van der Waals surface area contributed by atoms with E-state index in [1.165, 1.54) is 0 Å². The highest BCUT2D eigenvalue weighted by molar-refractivity contribution is 7.56. The Morgan fingerprint density at radius 1 is 2.00 bits per heavy atom. The van der Waals surface area contributed by atoms with Crippen LogP contribution in [0.3, 0.4) is 0 Å². The van der Waals surface area contributed by atoms with Gasteiger partial charge < -0.3 is 4.89 Å². The van der Waals surface area contributed by atoms with Gasteiger partial charge in [-0.2, -0.15) is 0 Å². The Labute approximate surface area is 35.4 Å². The summed E-state index contributed by atoms with van der Waals surface area (Å²) >= 11 is 0. The lowest BCUT2D eigenvalue weighted by atomic mass is 11.8. The molecule has 4 heteroatoms. The maximum Gasteiger partial charge on any atom is 0.227 e. The fraction of sp³-hybridized carbons (Fsp3) is 1.00. The van der Waals surface area contributed by atoms with Crippen molar-refractivity contribution in [2.75, 3.05) is 13.1 Å². The van der Waals surface area contributed by atoms with Crippen LogP contribution >= 0.6 is 7.37 Å². The molecule has 0 aliphatic rings. The molecule has 1 N–H and O–H groups in total. The molecule has 0 aromatic carbocycles. The Morgan fingerprint density at radius 3 is 2.17 bits per heavy atom. The fourth-order valence-electron chi connectivity index (χ4n) is 0. The summed E-state index contributed by atoms with van der Waals surface area (Å²) in [5.41, 5.74) is 0. The van der Waals surface area contributed by atoms with Gasteiger partial charge in [-0.1, -0.05) is 0 Å². The molecule has 0 radical (unpaired) electrons. The van der Waals surface area contributed by atoms with Crippen LogP contribution in [0, 0.1) is 0 Å². The second-order valence-corrected chi connectivity index (χ2v) is 3.51. The van der Waals surface area contributed by atoms with Crippen LogP contribution in [-0.4, -0.2) is 18.0 Å². The summed E-state index contributed by atoms with van der Waals surface area (Å²) in [5, 5.41) is 0. The molecule has 0 aliphatic heterocycles. The Bertz CT molecular complexity index is 75.6. The molecular formula is C2H6FO2P. The maximum absolute atomic E-state index is 11.0. The van der Waals surface area contributed by atoms with Crippen molar-refractivity contribution >= 4 is 7.37 Å². The van der Waals surface area contributed by atoms with Crippen molar-refractivity contribution in [3.05, 3.63) is 0 Å². The highest BCUT2D eigenvalue weighted by Gasteiger charge is 2.05. The monoisotopic (exact) mass is 112 g/mol. The highest BCUT2D eigenvalue weighted by atomic mass is 31.2. The minimum absolute atomic E-state index is 0.979. The Kier molecular flexibility index (Phi) is 1.75. The van der Waals surface area contributed by atoms with Crippen LogP contribution in [0.15, 0.2) is 0 Å². The first-order valence-electron chi connectivity index (χ1n) is 1.41. The van der Waals surface area contributed by atoms with Gasteiger partial charge in [-0.15, -0.1) is 0 Å². The van der Waals surface area contributed by atoms with Gasteiger partial charge in [-0.25, -0.2) is 4.39 Å². The molecule has 0 spiro atoms. The molecular weight excluding hydrogens is 106 g/mol. The first kappa shape index (κ1) is 6.12. The van der Waals surface area contributed by atoms with E-state index in [1.54, 1.807) is 0 Å². The second kappa shape index (κ2) is 1.71. The quantitative estimate of drug-likeness (QED) is 0.509. The number of alkyl halides is 1. The van der Waals surface area contributed by atoms with Crippen LogP contribution in [0.1, 0.15) is 0 Å². The highest BCUT2D eigenvalue weighted by Crippen LogP contribution is 2.34. The third-order valence-electron chi connectivity index (χ3n) is 0.222. The van der Waals surface area contributed by atoms with Crippen LogP contribution in [0.2, 0.25) is 0 Å². The lowest BCUT2D eigenvalue weighted by Crippen LogP contribution is -1.73. The predicted molar refractivity (Wildman–Crippen MR) is 21.7 cm³/mol. The second-order valence-electron chi connectivity index (χ2n) is 1.17. The van der Waals surface area contributed by atoms with Crippen molar-refractivity contribution in [1.82, 2.24) is 0 Å². The van der Waals surface area contributed by atoms with Crippen molar-refractivity contribution in [1.29, 1.82) is 0 Å². The van der Waals surface area contributed by atoms with E-state index < -0.39 is 13.8 Å². The Hall–Kier alpha value is 0.120. The van der Waals surface area contributed by atoms with Gasteiger partial charge in [-0.05, 0) is 0 Å². The number of rotatable bonds is 1. The first-order chi connectivity index (χ1) is 2.56. The summed E-state index contributed by atoms with van der Waals surface area (Å²) in [7, 11) is -3.31. The molecule has 0 aliphatic carbocycles. The molecule has 0 saturated heterocycles. The zero-order valence-corrected chi connectivity index (χ0v) is 4.28. The molecule has 38 valence electrons. The average molecular weight is 112 g/mol. The van der Waals surface area contributed by atoms with Gasteiger partial charge in [0.2, 0.25) is 7.37 Å². The summed E-state index contributed by atoms with van der Waals surface area (Å²) in [6, 6.07) is 0. The van der Waals surface area contributed by atoms with Gasteiger partial charge in [0.25, 0.3) is 0 Å². The predicted octanol–water partition coefficient (Wildman–Crippen LogP) is 0.814. The van der Waals surface area contributed by atoms with Gasteiger partial charge in [0, 0.05) is 6.66 Å². The van der Waals surface area contributed by atoms with Gasteiger partial charge in [-0.3, -0.25) is 4.57 Å². The molecule has 0 bridgehead atoms. The Balaban J connectivity index is 3.48. The first-order valence-corrected chi connectivity index (χ1v) is 3.71. The molecule has 1 atom stereocenters. The van der Waals surface area contributed by atoms with E-state index in [4.69, 9.17) is 4.89 Å². The van der Waals surface area contributed by atoms with Crippen molar-refractivity contribution in [2.24, 2.45) is 0 Å². The van der Waals surface area contributed by atoms with E-state index in [2.05, 4.69) is 0 Å². The lowest BCUT2D eigenvalue weighted by Gasteiger charge is -1.91. The van der Waals surface area contributed by atoms with E-state index in [1.807, 2.05) is 0 Å². The van der Waals surface area contributed by atoms with Gasteiger partial charge in [0.05, 0.1) is 0 Å². The van der Waals surface area contributed by atoms with E-state index in [0.717, 1.165) is 6.66 Å². The number of hydrogen-bond acceptors (Lipinski definition) is 1. The van der Waals surface area contributed by atoms with Gasteiger partial charge >= 0.3 is 0 Å². The summed E-state index contributed by atoms with van der Waals surface area (Å²) in [4.78, 5) is 8.01. The number of halogens is 1. The summed E-state index contributed by atoms with van der Waals surface area (Å²) in [6.45, 7) is 0.979. The SMILES string of the molecule is CP(=O)(O)CF. The van der Waals surface area contributed by atoms with Crippen LogP contribution in [0.5, 0.6) is 0 Å². The third kappa shape index (κ3) is 4.12. The molecule has 0 rings (SSSR count). The molecule has 6 heavy (non-hydrogen) atoms. The molecule has 0 heterocycles.